The molecule has 0 aromatic rings. The number of amides is 2. The molecule has 0 saturated carbocycles. The van der Waals surface area contributed by atoms with Crippen LogP contribution < -0.4 is 10.6 Å². The van der Waals surface area contributed by atoms with Crippen LogP contribution in [0.1, 0.15) is 88.0 Å². The maximum absolute atomic E-state index is 12.5. The molecule has 0 aromatic carbocycles. The van der Waals surface area contributed by atoms with Gasteiger partial charge < -0.3 is 29.6 Å². The first-order valence-corrected chi connectivity index (χ1v) is 11.6. The number of carbonyl (C=O) groups is 4. The fourth-order valence-electron chi connectivity index (χ4n) is 2.56. The number of ether oxygens (including phenoxy) is 4. The van der Waals surface area contributed by atoms with Crippen LogP contribution in [-0.2, 0) is 28.5 Å². The van der Waals surface area contributed by atoms with E-state index in [2.05, 4.69) is 16.6 Å². The van der Waals surface area contributed by atoms with Gasteiger partial charge in [0.2, 0.25) is 0 Å². The Morgan fingerprint density at radius 2 is 1.17 bits per heavy atom. The van der Waals surface area contributed by atoms with E-state index in [9.17, 15) is 19.2 Å². The lowest BCUT2D eigenvalue weighted by molar-refractivity contribution is -0.157. The smallest absolute Gasteiger partial charge is 0.408 e. The molecule has 0 aliphatic rings. The van der Waals surface area contributed by atoms with Crippen LogP contribution in [0, 0.1) is 12.3 Å². The van der Waals surface area contributed by atoms with Crippen molar-refractivity contribution in [2.45, 2.75) is 117 Å². The van der Waals surface area contributed by atoms with Crippen LogP contribution in [-0.4, -0.2) is 59.6 Å². The van der Waals surface area contributed by atoms with Crippen LogP contribution in [0.2, 0.25) is 0 Å². The molecule has 0 heterocycles. The Hall–Kier alpha value is -2.96. The van der Waals surface area contributed by atoms with E-state index in [4.69, 9.17) is 25.4 Å². The maximum atomic E-state index is 12.5. The summed E-state index contributed by atoms with van der Waals surface area (Å²) in [5, 5.41) is 4.95. The number of nitrogens with one attached hydrogen (secondary N) is 2. The molecule has 10 heteroatoms. The first-order valence-electron chi connectivity index (χ1n) is 11.6. The molecule has 35 heavy (non-hydrogen) atoms. The molecule has 0 bridgehead atoms. The minimum atomic E-state index is -1.04. The number of hydrogen-bond donors (Lipinski definition) is 2. The summed E-state index contributed by atoms with van der Waals surface area (Å²) in [6, 6.07) is -1.97. The van der Waals surface area contributed by atoms with Gasteiger partial charge in [-0.25, -0.2) is 19.2 Å². The van der Waals surface area contributed by atoms with E-state index in [-0.39, 0.29) is 19.4 Å². The van der Waals surface area contributed by atoms with Gasteiger partial charge in [0.05, 0.1) is 6.61 Å². The highest BCUT2D eigenvalue weighted by molar-refractivity contribution is 5.82. The Labute approximate surface area is 209 Å². The normalized spacial score (nSPS) is 13.5. The number of alkyl carbamates (subject to hydrolysis) is 2. The molecule has 2 atom stereocenters. The number of hydrogen-bond acceptors (Lipinski definition) is 8. The van der Waals surface area contributed by atoms with Crippen molar-refractivity contribution in [2.24, 2.45) is 0 Å². The van der Waals surface area contributed by atoms with Crippen molar-refractivity contribution in [3.63, 3.8) is 0 Å². The van der Waals surface area contributed by atoms with Gasteiger partial charge >= 0.3 is 24.1 Å². The molecule has 2 amide bonds. The summed E-state index contributed by atoms with van der Waals surface area (Å²) in [6.45, 7) is 15.5. The zero-order valence-electron chi connectivity index (χ0n) is 22.5. The minimum absolute atomic E-state index is 0.0311. The first kappa shape index (κ1) is 32.0. The number of carbonyl (C=O) groups excluding carboxylic acids is 4. The van der Waals surface area contributed by atoms with E-state index in [1.54, 1.807) is 62.3 Å². The zero-order valence-corrected chi connectivity index (χ0v) is 22.5. The highest BCUT2D eigenvalue weighted by atomic mass is 16.6. The van der Waals surface area contributed by atoms with Gasteiger partial charge in [-0.15, -0.1) is 12.3 Å². The highest BCUT2D eigenvalue weighted by Crippen LogP contribution is 2.14. The SMILES string of the molecule is C#CC[C@H](NC(=O)OC(C)(C)C)C(=O)OCCCC[C@H](NC(=O)OC(C)(C)C)C(=O)OC(C)(C)C. The predicted molar refractivity (Wildman–Crippen MR) is 130 cm³/mol. The third-order valence-electron chi connectivity index (χ3n) is 3.81. The standard InChI is InChI=1S/C25H42N2O8/c1-11-14-17(26-21(30)34-24(5,6)7)19(28)32-16-13-12-15-18(20(29)33-23(2,3)4)27-22(31)35-25(8,9)10/h1,17-18H,12-16H2,2-10H3,(H,26,30)(H,27,31)/t17-,18-/m0/s1. The van der Waals surface area contributed by atoms with E-state index in [1.807, 2.05) is 0 Å². The van der Waals surface area contributed by atoms with Crippen LogP contribution in [0.15, 0.2) is 0 Å². The second kappa shape index (κ2) is 13.8. The lowest BCUT2D eigenvalue weighted by Crippen LogP contribution is -2.46. The molecule has 10 nitrogen and oxygen atoms in total. The number of rotatable bonds is 10. The summed E-state index contributed by atoms with van der Waals surface area (Å²) in [6.07, 6.45) is 4.81. The van der Waals surface area contributed by atoms with E-state index in [0.717, 1.165) is 0 Å². The second-order valence-corrected chi connectivity index (χ2v) is 11.0. The second-order valence-electron chi connectivity index (χ2n) is 11.0. The lowest BCUT2D eigenvalue weighted by atomic mass is 10.1. The molecule has 0 aromatic heterocycles. The highest BCUT2D eigenvalue weighted by Gasteiger charge is 2.29. The van der Waals surface area contributed by atoms with Crippen molar-refractivity contribution in [3.05, 3.63) is 0 Å². The molecule has 0 saturated heterocycles. The zero-order chi connectivity index (χ0) is 27.4. The van der Waals surface area contributed by atoms with Gasteiger partial charge in [-0.3, -0.25) is 0 Å². The fourth-order valence-corrected chi connectivity index (χ4v) is 2.56. The average Bonchev–Trinajstić information content (AvgIpc) is 2.61. The summed E-state index contributed by atoms with van der Waals surface area (Å²) in [4.78, 5) is 49.0. The summed E-state index contributed by atoms with van der Waals surface area (Å²) in [5.41, 5.74) is -2.18. The summed E-state index contributed by atoms with van der Waals surface area (Å²) >= 11 is 0. The van der Waals surface area contributed by atoms with Crippen LogP contribution in [0.5, 0.6) is 0 Å². The number of unbranched alkanes of at least 4 members (excludes halogenated alkanes) is 1. The van der Waals surface area contributed by atoms with E-state index < -0.39 is 53.0 Å². The molecule has 0 aliphatic carbocycles. The monoisotopic (exact) mass is 498 g/mol. The fraction of sp³-hybridized carbons (Fsp3) is 0.760. The van der Waals surface area contributed by atoms with Crippen molar-refractivity contribution >= 4 is 24.1 Å². The van der Waals surface area contributed by atoms with Crippen molar-refractivity contribution in [3.8, 4) is 12.3 Å². The summed E-state index contributed by atoms with van der Waals surface area (Å²) in [7, 11) is 0. The summed E-state index contributed by atoms with van der Waals surface area (Å²) < 4.78 is 21.0. The van der Waals surface area contributed by atoms with Gasteiger partial charge in [0.15, 0.2) is 0 Å². The Morgan fingerprint density at radius 1 is 0.714 bits per heavy atom. The van der Waals surface area contributed by atoms with Crippen molar-refractivity contribution in [1.29, 1.82) is 0 Å². The van der Waals surface area contributed by atoms with Gasteiger partial charge in [0.1, 0.15) is 28.9 Å². The van der Waals surface area contributed by atoms with E-state index in [1.165, 1.54) is 0 Å². The van der Waals surface area contributed by atoms with Gasteiger partial charge in [0.25, 0.3) is 0 Å². The van der Waals surface area contributed by atoms with Crippen LogP contribution >= 0.6 is 0 Å². The van der Waals surface area contributed by atoms with E-state index in [0.29, 0.717) is 12.8 Å². The molecule has 0 fully saturated rings. The predicted octanol–water partition coefficient (Wildman–Crippen LogP) is 3.85. The molecule has 0 spiro atoms. The van der Waals surface area contributed by atoms with Crippen molar-refractivity contribution in [2.75, 3.05) is 6.61 Å². The quantitative estimate of drug-likeness (QED) is 0.201. The maximum Gasteiger partial charge on any atom is 0.408 e. The average molecular weight is 499 g/mol. The third kappa shape index (κ3) is 17.2. The molecule has 200 valence electrons. The van der Waals surface area contributed by atoms with Gasteiger partial charge in [-0.1, -0.05) is 0 Å². The molecular weight excluding hydrogens is 456 g/mol. The molecule has 0 rings (SSSR count). The Bertz CT molecular complexity index is 766. The Kier molecular flexibility index (Phi) is 12.6. The van der Waals surface area contributed by atoms with E-state index >= 15 is 0 Å². The van der Waals surface area contributed by atoms with Crippen LogP contribution in [0.25, 0.3) is 0 Å². The Balaban J connectivity index is 4.82. The largest absolute Gasteiger partial charge is 0.464 e. The molecule has 0 unspecified atom stereocenters. The van der Waals surface area contributed by atoms with Gasteiger partial charge in [-0.05, 0) is 81.6 Å². The lowest BCUT2D eigenvalue weighted by Gasteiger charge is -2.26. The molecule has 0 aliphatic heterocycles. The number of esters is 2. The first-order chi connectivity index (χ1) is 15.8. The Morgan fingerprint density at radius 3 is 1.60 bits per heavy atom. The topological polar surface area (TPSA) is 129 Å². The van der Waals surface area contributed by atoms with Crippen molar-refractivity contribution < 1.29 is 38.1 Å². The molecular formula is C25H42N2O8. The third-order valence-corrected chi connectivity index (χ3v) is 3.81. The number of terminal acetylenes is 1. The molecule has 0 radical (unpaired) electrons. The molecule has 2 N–H and O–H groups in total. The van der Waals surface area contributed by atoms with Crippen LogP contribution in [0.3, 0.4) is 0 Å². The van der Waals surface area contributed by atoms with Crippen molar-refractivity contribution in [1.82, 2.24) is 10.6 Å². The van der Waals surface area contributed by atoms with Gasteiger partial charge in [-0.2, -0.15) is 0 Å². The summed E-state index contributed by atoms with van der Waals surface area (Å²) in [5.74, 6) is 1.05. The van der Waals surface area contributed by atoms with Gasteiger partial charge in [0, 0.05) is 6.42 Å². The minimum Gasteiger partial charge on any atom is -0.464 e. The van der Waals surface area contributed by atoms with Crippen LogP contribution in [0.4, 0.5) is 9.59 Å².